The lowest BCUT2D eigenvalue weighted by Crippen LogP contribution is -2.35. The summed E-state index contributed by atoms with van der Waals surface area (Å²) in [7, 11) is -1.34. The highest BCUT2D eigenvalue weighted by Crippen LogP contribution is 2.38. The summed E-state index contributed by atoms with van der Waals surface area (Å²) >= 11 is 0. The largest absolute Gasteiger partial charge is 0.488 e. The second kappa shape index (κ2) is 21.9. The molecule has 75 heavy (non-hydrogen) atoms. The van der Waals surface area contributed by atoms with Gasteiger partial charge in [-0.3, -0.25) is 19.2 Å². The molecule has 2 aliphatic rings. The van der Waals surface area contributed by atoms with Crippen molar-refractivity contribution in [2.24, 2.45) is 0 Å². The number of pyridine rings is 2. The van der Waals surface area contributed by atoms with Crippen molar-refractivity contribution < 1.29 is 63.5 Å². The first kappa shape index (κ1) is 53.4. The van der Waals surface area contributed by atoms with Gasteiger partial charge in [0.1, 0.15) is 37.1 Å². The lowest BCUT2D eigenvalue weighted by molar-refractivity contribution is -0.140. The van der Waals surface area contributed by atoms with Gasteiger partial charge in [-0.1, -0.05) is 60.7 Å². The highest BCUT2D eigenvalue weighted by atomic mass is 19.4. The van der Waals surface area contributed by atoms with E-state index in [4.69, 9.17) is 10.0 Å². The van der Waals surface area contributed by atoms with E-state index in [1.54, 1.807) is 65.2 Å². The minimum atomic E-state index is -4.92. The molecular formula is C52H43BF10N6O6. The van der Waals surface area contributed by atoms with Crippen LogP contribution in [0, 0.1) is 11.6 Å². The Balaban J connectivity index is 0.000000173. The van der Waals surface area contributed by atoms with Crippen LogP contribution in [0.1, 0.15) is 24.0 Å². The Bertz CT molecular complexity index is 3490. The number of rotatable bonds is 8. The van der Waals surface area contributed by atoms with Crippen LogP contribution in [0.15, 0.2) is 144 Å². The zero-order chi connectivity index (χ0) is 53.9. The third kappa shape index (κ3) is 11.9. The number of likely N-dealkylation sites (tertiary alicyclic amines) is 2. The highest BCUT2D eigenvalue weighted by Gasteiger charge is 2.36. The topological polar surface area (TPSA) is 146 Å². The SMILES string of the molecule is O=C(Cn1ccc2[nH]cc(-c3ccc(F)c(C(F)(F)F)c3)c2c1=O)N1CCC(F)C1.O=C(Cn1ccc2c(c(-c3ccc(F)c(C(F)(F)F)c3)cn2-c2ccccc2)c1=O)N1CCC(F)C1.OB(O)c1ccccc1. The van der Waals surface area contributed by atoms with Crippen LogP contribution >= 0.6 is 0 Å². The molecule has 0 radical (unpaired) electrons. The van der Waals surface area contributed by atoms with Crippen molar-refractivity contribution in [3.05, 3.63) is 177 Å². The van der Waals surface area contributed by atoms with Crippen LogP contribution in [0.4, 0.5) is 43.9 Å². The number of carbonyl (C=O) groups is 2. The van der Waals surface area contributed by atoms with Crippen LogP contribution in [-0.4, -0.2) is 96.0 Å². The fourth-order valence-corrected chi connectivity index (χ4v) is 8.78. The van der Waals surface area contributed by atoms with Crippen molar-refractivity contribution in [3.63, 3.8) is 0 Å². The van der Waals surface area contributed by atoms with Gasteiger partial charge >= 0.3 is 19.5 Å². The Kier molecular flexibility index (Phi) is 15.6. The molecule has 8 aromatic rings. The minimum absolute atomic E-state index is 0.00407. The van der Waals surface area contributed by atoms with Crippen molar-refractivity contribution >= 4 is 46.2 Å². The lowest BCUT2D eigenvalue weighted by atomic mass is 9.81. The predicted molar refractivity (Wildman–Crippen MR) is 259 cm³/mol. The summed E-state index contributed by atoms with van der Waals surface area (Å²) in [5.41, 5.74) is -1.77. The number of benzene rings is 4. The molecular weight excluding hydrogens is 1010 g/mol. The van der Waals surface area contributed by atoms with Crippen LogP contribution in [0.3, 0.4) is 0 Å². The van der Waals surface area contributed by atoms with E-state index < -0.39 is 77.5 Å². The van der Waals surface area contributed by atoms with Gasteiger partial charge in [0.05, 0.1) is 46.0 Å². The molecule has 10 rings (SSSR count). The van der Waals surface area contributed by atoms with Gasteiger partial charge in [0.25, 0.3) is 11.1 Å². The molecule has 23 heteroatoms. The molecule has 2 saturated heterocycles. The van der Waals surface area contributed by atoms with Gasteiger partial charge in [-0.2, -0.15) is 26.3 Å². The van der Waals surface area contributed by atoms with E-state index in [9.17, 15) is 63.1 Å². The maximum Gasteiger partial charge on any atom is 0.488 e. The van der Waals surface area contributed by atoms with Gasteiger partial charge in [-0.05, 0) is 78.0 Å². The second-order valence-corrected chi connectivity index (χ2v) is 17.6. The number of alkyl halides is 8. The Morgan fingerprint density at radius 2 is 1.11 bits per heavy atom. The number of hydrogen-bond donors (Lipinski definition) is 3. The molecule has 0 saturated carbocycles. The number of halogens is 10. The van der Waals surface area contributed by atoms with Crippen LogP contribution in [-0.2, 0) is 35.0 Å². The number of H-pyrrole nitrogens is 1. The standard InChI is InChI=1S/C26H20F5N3O2.C20H16F5N3O2.C6H7BO2/c27-17-8-10-32(13-17)23(35)15-33-11-9-22-24(25(33)36)19(14-34(22)18-4-2-1-3-5-18)16-6-7-21(28)20(12-16)26(29,30)31;21-12-3-5-27(9-12)17(29)10-28-6-4-16-18(19(28)30)13(8-26-16)11-1-2-15(22)14(7-11)20(23,24)25;8-7(9)6-4-2-1-3-5-6/h1-7,9,11-12,14,17H,8,10,13,15H2;1-2,4,6-8,12,26H,3,5,9-10H2;1-5,8-9H. The van der Waals surface area contributed by atoms with E-state index in [-0.39, 0.29) is 85.1 Å². The molecule has 2 atom stereocenters. The molecule has 4 aromatic carbocycles. The average Bonchev–Trinajstić information content (AvgIpc) is 4.22. The molecule has 4 aromatic heterocycles. The van der Waals surface area contributed by atoms with Gasteiger partial charge < -0.3 is 38.5 Å². The molecule has 390 valence electrons. The number of fused-ring (bicyclic) bond motifs is 2. The van der Waals surface area contributed by atoms with E-state index in [0.717, 1.165) is 21.3 Å². The van der Waals surface area contributed by atoms with Gasteiger partial charge in [0.15, 0.2) is 0 Å². The molecule has 12 nitrogen and oxygen atoms in total. The zero-order valence-electron chi connectivity index (χ0n) is 39.1. The molecule has 0 aliphatic carbocycles. The minimum Gasteiger partial charge on any atom is -0.423 e. The normalized spacial score (nSPS) is 15.7. The fourth-order valence-electron chi connectivity index (χ4n) is 8.78. The van der Waals surface area contributed by atoms with E-state index in [2.05, 4.69) is 4.98 Å². The molecule has 6 heterocycles. The number of hydrogen-bond acceptors (Lipinski definition) is 6. The van der Waals surface area contributed by atoms with E-state index in [0.29, 0.717) is 40.4 Å². The molecule has 0 bridgehead atoms. The maximum absolute atomic E-state index is 14.0. The molecule has 2 unspecified atom stereocenters. The molecule has 2 amide bonds. The number of aromatic nitrogens is 4. The van der Waals surface area contributed by atoms with Gasteiger partial charge in [0.2, 0.25) is 11.8 Å². The number of carbonyl (C=O) groups excluding carboxylic acids is 2. The van der Waals surface area contributed by atoms with Crippen molar-refractivity contribution in [2.75, 3.05) is 26.2 Å². The summed E-state index contributed by atoms with van der Waals surface area (Å²) in [6, 6.07) is 25.7. The summed E-state index contributed by atoms with van der Waals surface area (Å²) in [5.74, 6) is -3.68. The van der Waals surface area contributed by atoms with E-state index in [1.165, 1.54) is 46.7 Å². The van der Waals surface area contributed by atoms with Crippen LogP contribution < -0.4 is 16.6 Å². The molecule has 0 spiro atoms. The lowest BCUT2D eigenvalue weighted by Gasteiger charge is -2.16. The first-order valence-corrected chi connectivity index (χ1v) is 23.1. The second-order valence-electron chi connectivity index (χ2n) is 17.6. The molecule has 3 N–H and O–H groups in total. The summed E-state index contributed by atoms with van der Waals surface area (Å²) in [4.78, 5) is 57.0. The Hall–Kier alpha value is -7.92. The van der Waals surface area contributed by atoms with Crippen molar-refractivity contribution in [1.82, 2.24) is 28.5 Å². The number of aromatic amines is 1. The third-order valence-corrected chi connectivity index (χ3v) is 12.6. The number of nitrogens with zero attached hydrogens (tertiary/aromatic N) is 5. The summed E-state index contributed by atoms with van der Waals surface area (Å²) in [6.07, 6.45) is -5.83. The summed E-state index contributed by atoms with van der Waals surface area (Å²) < 4.78 is 138. The highest BCUT2D eigenvalue weighted by molar-refractivity contribution is 6.58. The van der Waals surface area contributed by atoms with Crippen molar-refractivity contribution in [2.45, 2.75) is 50.6 Å². The average molecular weight is 1050 g/mol. The van der Waals surface area contributed by atoms with Crippen molar-refractivity contribution in [1.29, 1.82) is 0 Å². The Morgan fingerprint density at radius 3 is 1.57 bits per heavy atom. The van der Waals surface area contributed by atoms with Gasteiger partial charge in [-0.25, -0.2) is 17.6 Å². The van der Waals surface area contributed by atoms with Crippen LogP contribution in [0.2, 0.25) is 0 Å². The smallest absolute Gasteiger partial charge is 0.423 e. The van der Waals surface area contributed by atoms with E-state index in [1.807, 2.05) is 6.07 Å². The quantitative estimate of drug-likeness (QED) is 0.103. The zero-order valence-corrected chi connectivity index (χ0v) is 39.1. The fraction of sp³-hybridized carbons (Fsp3) is 0.231. The van der Waals surface area contributed by atoms with Crippen LogP contribution in [0.25, 0.3) is 49.7 Å². The number of nitrogens with one attached hydrogen (secondary N) is 1. The summed E-state index contributed by atoms with van der Waals surface area (Å²) in [6.45, 7) is -0.203. The summed E-state index contributed by atoms with van der Waals surface area (Å²) in [5, 5.41) is 17.3. The maximum atomic E-state index is 14.0. The number of para-hydroxylation sites is 1. The van der Waals surface area contributed by atoms with Gasteiger partial charge in [0, 0.05) is 54.7 Å². The van der Waals surface area contributed by atoms with Crippen LogP contribution in [0.5, 0.6) is 0 Å². The predicted octanol–water partition coefficient (Wildman–Crippen LogP) is 8.28. The van der Waals surface area contributed by atoms with Gasteiger partial charge in [-0.15, -0.1) is 0 Å². The molecule has 2 fully saturated rings. The van der Waals surface area contributed by atoms with Crippen molar-refractivity contribution in [3.8, 4) is 27.9 Å². The Morgan fingerprint density at radius 1 is 0.627 bits per heavy atom. The molecule has 2 aliphatic heterocycles. The first-order valence-electron chi connectivity index (χ1n) is 23.1. The first-order chi connectivity index (χ1) is 35.6. The third-order valence-electron chi connectivity index (χ3n) is 12.6. The number of amides is 2. The van der Waals surface area contributed by atoms with E-state index >= 15 is 0 Å². The Labute approximate surface area is 419 Å². The monoisotopic (exact) mass is 1050 g/mol.